The molecule has 3 aliphatic carbocycles. The van der Waals surface area contributed by atoms with Crippen molar-refractivity contribution in [1.82, 2.24) is 0 Å². The lowest BCUT2D eigenvalue weighted by atomic mass is 9.62. The van der Waals surface area contributed by atoms with Gasteiger partial charge >= 0.3 is 0 Å². The molecule has 0 aromatic carbocycles. The molecule has 3 saturated carbocycles. The molecule has 4 unspecified atom stereocenters. The standard InChI is InChI=1S/C26H44O/c1-25(2,3)17-6-5-11-22-15-16-24-21(10-8-18-26(22,24)4)14-13-20-9-7-12-23(27)19-20/h13-14,22-24,27H,5-12,15-19H2,1-4H3/b20-13-,21-14+. The molecule has 0 amide bonds. The molecule has 154 valence electrons. The minimum absolute atomic E-state index is 0.0935. The van der Waals surface area contributed by atoms with Crippen LogP contribution in [-0.2, 0) is 0 Å². The number of rotatable bonds is 5. The Labute approximate surface area is 168 Å². The zero-order valence-corrected chi connectivity index (χ0v) is 18.5. The van der Waals surface area contributed by atoms with Gasteiger partial charge in [0.1, 0.15) is 0 Å². The Morgan fingerprint density at radius 1 is 1.04 bits per heavy atom. The van der Waals surface area contributed by atoms with Crippen molar-refractivity contribution in [3.63, 3.8) is 0 Å². The van der Waals surface area contributed by atoms with E-state index in [1.54, 1.807) is 5.57 Å². The van der Waals surface area contributed by atoms with E-state index in [9.17, 15) is 5.11 Å². The van der Waals surface area contributed by atoms with Gasteiger partial charge in [0, 0.05) is 0 Å². The Morgan fingerprint density at radius 2 is 1.85 bits per heavy atom. The monoisotopic (exact) mass is 372 g/mol. The SMILES string of the molecule is CC(C)(C)CCCCC1CCC2/C(=C/C=C3/CCCC(O)C3)CCCC12C. The van der Waals surface area contributed by atoms with Crippen LogP contribution >= 0.6 is 0 Å². The Bertz CT molecular complexity index is 549. The summed E-state index contributed by atoms with van der Waals surface area (Å²) in [6.07, 6.45) is 21.7. The third-order valence-electron chi connectivity index (χ3n) is 7.96. The van der Waals surface area contributed by atoms with Gasteiger partial charge in [-0.3, -0.25) is 0 Å². The van der Waals surface area contributed by atoms with E-state index >= 15 is 0 Å². The van der Waals surface area contributed by atoms with E-state index in [4.69, 9.17) is 0 Å². The summed E-state index contributed by atoms with van der Waals surface area (Å²) in [6.45, 7) is 9.73. The van der Waals surface area contributed by atoms with Crippen molar-refractivity contribution in [2.75, 3.05) is 0 Å². The molecule has 0 bridgehead atoms. The Hall–Kier alpha value is -0.560. The molecule has 3 aliphatic rings. The first kappa shape index (κ1) is 21.2. The second-order valence-corrected chi connectivity index (χ2v) is 11.3. The molecule has 3 fully saturated rings. The minimum atomic E-state index is -0.0935. The van der Waals surface area contributed by atoms with E-state index in [1.165, 1.54) is 69.8 Å². The number of fused-ring (bicyclic) bond motifs is 1. The second kappa shape index (κ2) is 8.85. The average molecular weight is 373 g/mol. The summed E-state index contributed by atoms with van der Waals surface area (Å²) in [5.74, 6) is 1.76. The topological polar surface area (TPSA) is 20.2 Å². The molecule has 0 spiro atoms. The predicted molar refractivity (Wildman–Crippen MR) is 117 cm³/mol. The fourth-order valence-corrected chi connectivity index (χ4v) is 6.31. The Morgan fingerprint density at radius 3 is 2.59 bits per heavy atom. The van der Waals surface area contributed by atoms with Crippen LogP contribution < -0.4 is 0 Å². The van der Waals surface area contributed by atoms with Crippen molar-refractivity contribution in [1.29, 1.82) is 0 Å². The maximum atomic E-state index is 9.93. The van der Waals surface area contributed by atoms with Crippen molar-refractivity contribution < 1.29 is 5.11 Å². The van der Waals surface area contributed by atoms with Crippen LogP contribution in [0.25, 0.3) is 0 Å². The molecule has 27 heavy (non-hydrogen) atoms. The molecule has 4 atom stereocenters. The van der Waals surface area contributed by atoms with Crippen molar-refractivity contribution >= 4 is 0 Å². The van der Waals surface area contributed by atoms with E-state index in [-0.39, 0.29) is 6.10 Å². The fraction of sp³-hybridized carbons (Fsp3) is 0.846. The van der Waals surface area contributed by atoms with E-state index in [2.05, 4.69) is 39.8 Å². The van der Waals surface area contributed by atoms with Gasteiger partial charge in [0.15, 0.2) is 0 Å². The third-order valence-corrected chi connectivity index (χ3v) is 7.96. The lowest BCUT2D eigenvalue weighted by Gasteiger charge is -2.42. The zero-order chi connectivity index (χ0) is 19.5. The average Bonchev–Trinajstić information content (AvgIpc) is 2.93. The number of unbranched alkanes of at least 4 members (excludes halogenated alkanes) is 1. The van der Waals surface area contributed by atoms with Crippen molar-refractivity contribution in [3.8, 4) is 0 Å². The highest BCUT2D eigenvalue weighted by Gasteiger charge is 2.48. The molecule has 1 nitrogen and oxygen atoms in total. The van der Waals surface area contributed by atoms with Crippen LogP contribution in [-0.4, -0.2) is 11.2 Å². The summed E-state index contributed by atoms with van der Waals surface area (Å²) in [7, 11) is 0. The Kier molecular flexibility index (Phi) is 6.93. The molecule has 0 heterocycles. The molecule has 0 aromatic rings. The van der Waals surface area contributed by atoms with Gasteiger partial charge < -0.3 is 5.11 Å². The highest BCUT2D eigenvalue weighted by molar-refractivity contribution is 5.25. The third kappa shape index (κ3) is 5.49. The zero-order valence-electron chi connectivity index (χ0n) is 18.5. The molecule has 0 aliphatic heterocycles. The van der Waals surface area contributed by atoms with E-state index in [0.29, 0.717) is 10.8 Å². The van der Waals surface area contributed by atoms with E-state index in [0.717, 1.165) is 31.1 Å². The summed E-state index contributed by atoms with van der Waals surface area (Å²) in [4.78, 5) is 0. The van der Waals surface area contributed by atoms with Crippen LogP contribution in [0.3, 0.4) is 0 Å². The molecular weight excluding hydrogens is 328 g/mol. The first-order chi connectivity index (χ1) is 12.8. The van der Waals surface area contributed by atoms with Crippen LogP contribution in [0.15, 0.2) is 23.3 Å². The summed E-state index contributed by atoms with van der Waals surface area (Å²) >= 11 is 0. The summed E-state index contributed by atoms with van der Waals surface area (Å²) < 4.78 is 0. The van der Waals surface area contributed by atoms with Gasteiger partial charge in [0.05, 0.1) is 6.10 Å². The van der Waals surface area contributed by atoms with Crippen molar-refractivity contribution in [3.05, 3.63) is 23.3 Å². The maximum Gasteiger partial charge on any atom is 0.0577 e. The van der Waals surface area contributed by atoms with Gasteiger partial charge in [-0.15, -0.1) is 0 Å². The minimum Gasteiger partial charge on any atom is -0.393 e. The van der Waals surface area contributed by atoms with Gasteiger partial charge in [0.2, 0.25) is 0 Å². The lowest BCUT2D eigenvalue weighted by molar-refractivity contribution is 0.126. The summed E-state index contributed by atoms with van der Waals surface area (Å²) in [5.41, 5.74) is 4.25. The molecule has 0 saturated heterocycles. The van der Waals surface area contributed by atoms with Gasteiger partial charge in [0.25, 0.3) is 0 Å². The molecule has 1 N–H and O–H groups in total. The summed E-state index contributed by atoms with van der Waals surface area (Å²) in [6, 6.07) is 0. The smallest absolute Gasteiger partial charge is 0.0577 e. The van der Waals surface area contributed by atoms with Crippen molar-refractivity contribution in [2.24, 2.45) is 22.7 Å². The van der Waals surface area contributed by atoms with E-state index in [1.807, 2.05) is 0 Å². The first-order valence-electron chi connectivity index (χ1n) is 11.8. The molecule has 0 radical (unpaired) electrons. The number of allylic oxidation sites excluding steroid dienone is 3. The van der Waals surface area contributed by atoms with Crippen LogP contribution in [0.2, 0.25) is 0 Å². The normalized spacial score (nSPS) is 37.7. The first-order valence-corrected chi connectivity index (χ1v) is 11.8. The van der Waals surface area contributed by atoms with Crippen LogP contribution in [0.1, 0.15) is 111 Å². The van der Waals surface area contributed by atoms with E-state index < -0.39 is 0 Å². The van der Waals surface area contributed by atoms with Crippen molar-refractivity contribution in [2.45, 2.75) is 117 Å². The molecule has 3 rings (SSSR count). The highest BCUT2D eigenvalue weighted by atomic mass is 16.3. The molecular formula is C26H44O. The largest absolute Gasteiger partial charge is 0.393 e. The quantitative estimate of drug-likeness (QED) is 0.493. The predicted octanol–water partition coefficient (Wildman–Crippen LogP) is 7.60. The number of aliphatic hydroxyl groups is 1. The Balaban J connectivity index is 1.60. The van der Waals surface area contributed by atoms with Gasteiger partial charge in [-0.1, -0.05) is 63.8 Å². The molecule has 1 heteroatoms. The van der Waals surface area contributed by atoms with Crippen LogP contribution in [0, 0.1) is 22.7 Å². The van der Waals surface area contributed by atoms with Gasteiger partial charge in [-0.05, 0) is 93.3 Å². The summed E-state index contributed by atoms with van der Waals surface area (Å²) in [5, 5.41) is 9.93. The van der Waals surface area contributed by atoms with Crippen LogP contribution in [0.4, 0.5) is 0 Å². The highest BCUT2D eigenvalue weighted by Crippen LogP contribution is 2.58. The number of aliphatic hydroxyl groups excluding tert-OH is 1. The fourth-order valence-electron chi connectivity index (χ4n) is 6.31. The molecule has 0 aromatic heterocycles. The number of hydrogen-bond acceptors (Lipinski definition) is 1. The number of hydrogen-bond donors (Lipinski definition) is 1. The van der Waals surface area contributed by atoms with Gasteiger partial charge in [-0.25, -0.2) is 0 Å². The van der Waals surface area contributed by atoms with Gasteiger partial charge in [-0.2, -0.15) is 0 Å². The van der Waals surface area contributed by atoms with Crippen LogP contribution in [0.5, 0.6) is 0 Å². The second-order valence-electron chi connectivity index (χ2n) is 11.3. The maximum absolute atomic E-state index is 9.93. The lowest BCUT2D eigenvalue weighted by Crippen LogP contribution is -2.33.